The first-order chi connectivity index (χ1) is 5.18. The van der Waals surface area contributed by atoms with Crippen LogP contribution < -0.4 is 0 Å². The van der Waals surface area contributed by atoms with Gasteiger partial charge in [-0.2, -0.15) is 0 Å². The number of rotatable bonds is 2. The SMILES string of the molecule is CC(=O)CC1=CC=C(F)CC1. The Morgan fingerprint density at radius 2 is 2.27 bits per heavy atom. The molecule has 1 nitrogen and oxygen atoms in total. The highest BCUT2D eigenvalue weighted by Gasteiger charge is 2.06. The van der Waals surface area contributed by atoms with Gasteiger partial charge < -0.3 is 0 Å². The fraction of sp³-hybridized carbons (Fsp3) is 0.444. The summed E-state index contributed by atoms with van der Waals surface area (Å²) >= 11 is 0. The zero-order valence-electron chi connectivity index (χ0n) is 6.56. The molecule has 0 heterocycles. The van der Waals surface area contributed by atoms with Crippen LogP contribution in [-0.4, -0.2) is 5.78 Å². The first-order valence-electron chi connectivity index (χ1n) is 3.72. The second-order valence-corrected chi connectivity index (χ2v) is 2.82. The minimum atomic E-state index is -0.0858. The molecule has 0 fully saturated rings. The number of carbonyl (C=O) groups is 1. The number of Topliss-reactive ketones (excluding diaryl/α,β-unsaturated/α-hetero) is 1. The third-order valence-electron chi connectivity index (χ3n) is 1.66. The van der Waals surface area contributed by atoms with E-state index in [2.05, 4.69) is 0 Å². The Bertz CT molecular complexity index is 226. The van der Waals surface area contributed by atoms with Crippen molar-refractivity contribution in [3.8, 4) is 0 Å². The van der Waals surface area contributed by atoms with Crippen LogP contribution in [0.2, 0.25) is 0 Å². The molecule has 0 saturated carbocycles. The molecule has 11 heavy (non-hydrogen) atoms. The van der Waals surface area contributed by atoms with Crippen molar-refractivity contribution in [3.05, 3.63) is 23.6 Å². The number of hydrogen-bond acceptors (Lipinski definition) is 1. The molecule has 0 aromatic carbocycles. The monoisotopic (exact) mass is 154 g/mol. The molecule has 1 aliphatic rings. The van der Waals surface area contributed by atoms with E-state index in [4.69, 9.17) is 0 Å². The number of carbonyl (C=O) groups excluding carboxylic acids is 1. The van der Waals surface area contributed by atoms with Gasteiger partial charge in [0.15, 0.2) is 0 Å². The van der Waals surface area contributed by atoms with E-state index in [9.17, 15) is 9.18 Å². The molecule has 0 atom stereocenters. The molecule has 0 aliphatic heterocycles. The van der Waals surface area contributed by atoms with E-state index in [0.717, 1.165) is 5.57 Å². The molecule has 0 spiro atoms. The maximum Gasteiger partial charge on any atom is 0.133 e. The Balaban J connectivity index is 2.54. The smallest absolute Gasteiger partial charge is 0.133 e. The van der Waals surface area contributed by atoms with Crippen LogP contribution in [0, 0.1) is 0 Å². The van der Waals surface area contributed by atoms with E-state index >= 15 is 0 Å². The minimum Gasteiger partial charge on any atom is -0.300 e. The summed E-state index contributed by atoms with van der Waals surface area (Å²) in [4.78, 5) is 10.6. The summed E-state index contributed by atoms with van der Waals surface area (Å²) in [5.41, 5.74) is 1.04. The van der Waals surface area contributed by atoms with Gasteiger partial charge in [0.1, 0.15) is 11.6 Å². The van der Waals surface area contributed by atoms with E-state index in [1.807, 2.05) is 0 Å². The molecule has 60 valence electrons. The lowest BCUT2D eigenvalue weighted by Gasteiger charge is -2.07. The van der Waals surface area contributed by atoms with Crippen molar-refractivity contribution in [2.75, 3.05) is 0 Å². The largest absolute Gasteiger partial charge is 0.300 e. The summed E-state index contributed by atoms with van der Waals surface area (Å²) in [7, 11) is 0. The van der Waals surface area contributed by atoms with E-state index in [1.165, 1.54) is 6.08 Å². The molecule has 2 heteroatoms. The van der Waals surface area contributed by atoms with Crippen LogP contribution in [0.1, 0.15) is 26.2 Å². The lowest BCUT2D eigenvalue weighted by atomic mass is 10.00. The standard InChI is InChI=1S/C9H11FO/c1-7(11)6-8-2-4-9(10)5-3-8/h2,4H,3,5-6H2,1H3. The summed E-state index contributed by atoms with van der Waals surface area (Å²) in [5.74, 6) is 0.0595. The van der Waals surface area contributed by atoms with Crippen molar-refractivity contribution < 1.29 is 9.18 Å². The van der Waals surface area contributed by atoms with Crippen LogP contribution in [0.3, 0.4) is 0 Å². The van der Waals surface area contributed by atoms with Crippen molar-refractivity contribution in [2.45, 2.75) is 26.2 Å². The summed E-state index contributed by atoms with van der Waals surface area (Å²) < 4.78 is 12.4. The minimum absolute atomic E-state index is 0.0858. The predicted molar refractivity (Wildman–Crippen MR) is 41.8 cm³/mol. The van der Waals surface area contributed by atoms with Crippen molar-refractivity contribution in [1.82, 2.24) is 0 Å². The lowest BCUT2D eigenvalue weighted by molar-refractivity contribution is -0.116. The summed E-state index contributed by atoms with van der Waals surface area (Å²) in [6.45, 7) is 1.55. The Labute approximate surface area is 65.6 Å². The van der Waals surface area contributed by atoms with Crippen LogP contribution in [0.15, 0.2) is 23.6 Å². The van der Waals surface area contributed by atoms with Crippen molar-refractivity contribution in [3.63, 3.8) is 0 Å². The van der Waals surface area contributed by atoms with Crippen LogP contribution in [0.25, 0.3) is 0 Å². The number of halogens is 1. The second kappa shape index (κ2) is 3.46. The van der Waals surface area contributed by atoms with Crippen LogP contribution in [0.4, 0.5) is 4.39 Å². The summed E-state index contributed by atoms with van der Waals surface area (Å²) in [5, 5.41) is 0. The van der Waals surface area contributed by atoms with E-state index in [0.29, 0.717) is 19.3 Å². The lowest BCUT2D eigenvalue weighted by Crippen LogP contribution is -1.96. The van der Waals surface area contributed by atoms with Crippen LogP contribution in [-0.2, 0) is 4.79 Å². The third-order valence-corrected chi connectivity index (χ3v) is 1.66. The average Bonchev–Trinajstić information content (AvgIpc) is 1.93. The third kappa shape index (κ3) is 2.66. The van der Waals surface area contributed by atoms with Gasteiger partial charge in [0.25, 0.3) is 0 Å². The number of ketones is 1. The molecule has 1 rings (SSSR count). The predicted octanol–water partition coefficient (Wildman–Crippen LogP) is 2.54. The van der Waals surface area contributed by atoms with Gasteiger partial charge in [-0.25, -0.2) is 4.39 Å². The average molecular weight is 154 g/mol. The van der Waals surface area contributed by atoms with Gasteiger partial charge in [-0.3, -0.25) is 4.79 Å². The van der Waals surface area contributed by atoms with Gasteiger partial charge in [-0.1, -0.05) is 11.6 Å². The molecule has 0 unspecified atom stereocenters. The molecule has 0 aromatic rings. The maximum absolute atomic E-state index is 12.4. The fourth-order valence-electron chi connectivity index (χ4n) is 1.12. The van der Waals surface area contributed by atoms with Gasteiger partial charge >= 0.3 is 0 Å². The Hall–Kier alpha value is -0.920. The zero-order valence-corrected chi connectivity index (χ0v) is 6.56. The Morgan fingerprint density at radius 3 is 2.73 bits per heavy atom. The van der Waals surface area contributed by atoms with Crippen LogP contribution >= 0.6 is 0 Å². The highest BCUT2D eigenvalue weighted by Crippen LogP contribution is 2.21. The number of allylic oxidation sites excluding steroid dienone is 4. The van der Waals surface area contributed by atoms with Crippen molar-refractivity contribution in [1.29, 1.82) is 0 Å². The van der Waals surface area contributed by atoms with Gasteiger partial charge in [-0.15, -0.1) is 0 Å². The molecule has 0 aromatic heterocycles. The molecule has 0 bridgehead atoms. The van der Waals surface area contributed by atoms with E-state index in [1.54, 1.807) is 13.0 Å². The van der Waals surface area contributed by atoms with E-state index in [-0.39, 0.29) is 11.6 Å². The molecule has 0 N–H and O–H groups in total. The Kier molecular flexibility index (Phi) is 2.58. The quantitative estimate of drug-likeness (QED) is 0.597. The van der Waals surface area contributed by atoms with Crippen molar-refractivity contribution in [2.24, 2.45) is 0 Å². The van der Waals surface area contributed by atoms with E-state index < -0.39 is 0 Å². The first kappa shape index (κ1) is 8.18. The second-order valence-electron chi connectivity index (χ2n) is 2.82. The molecular formula is C9H11FO. The highest BCUT2D eigenvalue weighted by atomic mass is 19.1. The number of hydrogen-bond donors (Lipinski definition) is 0. The first-order valence-corrected chi connectivity index (χ1v) is 3.72. The molecule has 1 aliphatic carbocycles. The van der Waals surface area contributed by atoms with Gasteiger partial charge in [-0.05, 0) is 19.4 Å². The maximum atomic E-state index is 12.4. The van der Waals surface area contributed by atoms with Gasteiger partial charge in [0.05, 0.1) is 0 Å². The van der Waals surface area contributed by atoms with Gasteiger partial charge in [0.2, 0.25) is 0 Å². The summed E-state index contributed by atoms with van der Waals surface area (Å²) in [6.07, 6.45) is 4.78. The molecular weight excluding hydrogens is 143 g/mol. The van der Waals surface area contributed by atoms with Crippen LogP contribution in [0.5, 0.6) is 0 Å². The van der Waals surface area contributed by atoms with Gasteiger partial charge in [0, 0.05) is 12.8 Å². The highest BCUT2D eigenvalue weighted by molar-refractivity contribution is 5.78. The zero-order chi connectivity index (χ0) is 8.27. The molecule has 0 radical (unpaired) electrons. The fourth-order valence-corrected chi connectivity index (χ4v) is 1.12. The molecule has 0 amide bonds. The van der Waals surface area contributed by atoms with Crippen molar-refractivity contribution >= 4 is 5.78 Å². The summed E-state index contributed by atoms with van der Waals surface area (Å²) in [6, 6.07) is 0. The molecule has 0 saturated heterocycles. The normalized spacial score (nSPS) is 17.3. The Morgan fingerprint density at radius 1 is 1.55 bits per heavy atom. The topological polar surface area (TPSA) is 17.1 Å².